The molecule has 0 unspecified atom stereocenters. The molecule has 19 heavy (non-hydrogen) atoms. The number of hydrogen-bond donors (Lipinski definition) is 1. The zero-order chi connectivity index (χ0) is 13.2. The molecule has 2 aromatic heterocycles. The van der Waals surface area contributed by atoms with Crippen LogP contribution in [0.4, 0.5) is 0 Å². The molecule has 0 amide bonds. The Balaban J connectivity index is 2.10. The molecular formula is C15H11N3O. The lowest BCUT2D eigenvalue weighted by molar-refractivity contribution is 0.567. The Kier molecular flexibility index (Phi) is 2.66. The van der Waals surface area contributed by atoms with Gasteiger partial charge in [0.05, 0.1) is 29.1 Å². The lowest BCUT2D eigenvalue weighted by Gasteiger charge is -1.91. The number of aryl methyl sites for hydroxylation is 1. The molecule has 0 bridgehead atoms. The van der Waals surface area contributed by atoms with E-state index in [9.17, 15) is 5.26 Å². The second-order valence-electron chi connectivity index (χ2n) is 4.33. The lowest BCUT2D eigenvalue weighted by Crippen LogP contribution is -1.83. The highest BCUT2D eigenvalue weighted by Crippen LogP contribution is 2.20. The molecule has 1 N–H and O–H groups in total. The Morgan fingerprint density at radius 1 is 1.42 bits per heavy atom. The first-order valence-electron chi connectivity index (χ1n) is 5.87. The number of allylic oxidation sites excluding steroid dienone is 1. The van der Waals surface area contributed by atoms with E-state index in [0.717, 1.165) is 22.2 Å². The summed E-state index contributed by atoms with van der Waals surface area (Å²) in [7, 11) is 0. The Morgan fingerprint density at radius 2 is 2.32 bits per heavy atom. The van der Waals surface area contributed by atoms with Crippen LogP contribution in [0.1, 0.15) is 17.0 Å². The molecule has 0 fully saturated rings. The highest BCUT2D eigenvalue weighted by molar-refractivity contribution is 5.90. The van der Waals surface area contributed by atoms with Crippen molar-refractivity contribution < 1.29 is 4.42 Å². The van der Waals surface area contributed by atoms with Gasteiger partial charge in [-0.05, 0) is 36.8 Å². The van der Waals surface area contributed by atoms with Gasteiger partial charge in [0.15, 0.2) is 0 Å². The van der Waals surface area contributed by atoms with E-state index in [1.54, 1.807) is 24.7 Å². The fourth-order valence-electron chi connectivity index (χ4n) is 1.93. The standard InChI is InChI=1S/C15H11N3O/c1-10-2-3-13-14(6-10)18-15(17-13)12(8-16)7-11-4-5-19-9-11/h2-7,9H,1H3,(H,17,18)/b12-7-. The fraction of sp³-hybridized carbons (Fsp3) is 0.0667. The molecule has 0 spiro atoms. The van der Waals surface area contributed by atoms with Gasteiger partial charge in [0.2, 0.25) is 0 Å². The summed E-state index contributed by atoms with van der Waals surface area (Å²) in [5, 5.41) is 9.25. The molecule has 0 radical (unpaired) electrons. The van der Waals surface area contributed by atoms with Crippen molar-refractivity contribution in [1.29, 1.82) is 5.26 Å². The van der Waals surface area contributed by atoms with Crippen molar-refractivity contribution in [3.63, 3.8) is 0 Å². The molecule has 1 aromatic carbocycles. The maximum atomic E-state index is 9.25. The first kappa shape index (κ1) is 11.3. The summed E-state index contributed by atoms with van der Waals surface area (Å²) >= 11 is 0. The number of hydrogen-bond acceptors (Lipinski definition) is 3. The molecular weight excluding hydrogens is 238 g/mol. The second-order valence-corrected chi connectivity index (χ2v) is 4.33. The first-order valence-corrected chi connectivity index (χ1v) is 5.87. The lowest BCUT2D eigenvalue weighted by atomic mass is 10.2. The largest absolute Gasteiger partial charge is 0.472 e. The van der Waals surface area contributed by atoms with Gasteiger partial charge in [-0.2, -0.15) is 5.26 Å². The van der Waals surface area contributed by atoms with Crippen LogP contribution >= 0.6 is 0 Å². The van der Waals surface area contributed by atoms with Gasteiger partial charge in [-0.1, -0.05) is 6.07 Å². The summed E-state index contributed by atoms with van der Waals surface area (Å²) in [4.78, 5) is 7.60. The number of nitrogens with one attached hydrogen (secondary N) is 1. The van der Waals surface area contributed by atoms with Crippen LogP contribution in [0.5, 0.6) is 0 Å². The molecule has 0 atom stereocenters. The summed E-state index contributed by atoms with van der Waals surface area (Å²) in [5.41, 5.74) is 4.26. The molecule has 0 saturated carbocycles. The minimum atomic E-state index is 0.482. The number of imidazole rings is 1. The van der Waals surface area contributed by atoms with Crippen LogP contribution in [0.2, 0.25) is 0 Å². The molecule has 4 heteroatoms. The maximum Gasteiger partial charge on any atom is 0.149 e. The number of fused-ring (bicyclic) bond motifs is 1. The van der Waals surface area contributed by atoms with Gasteiger partial charge in [0.25, 0.3) is 0 Å². The number of aromatic nitrogens is 2. The van der Waals surface area contributed by atoms with E-state index in [-0.39, 0.29) is 0 Å². The summed E-state index contributed by atoms with van der Waals surface area (Å²) < 4.78 is 4.99. The summed E-state index contributed by atoms with van der Waals surface area (Å²) in [6.07, 6.45) is 4.90. The van der Waals surface area contributed by atoms with Crippen molar-refractivity contribution in [3.8, 4) is 6.07 Å². The van der Waals surface area contributed by atoms with Crippen molar-refractivity contribution in [2.24, 2.45) is 0 Å². The van der Waals surface area contributed by atoms with Crippen molar-refractivity contribution in [2.45, 2.75) is 6.92 Å². The molecule has 3 rings (SSSR count). The molecule has 4 nitrogen and oxygen atoms in total. The monoisotopic (exact) mass is 249 g/mol. The van der Waals surface area contributed by atoms with E-state index in [0.29, 0.717) is 11.4 Å². The molecule has 0 aliphatic rings. The average Bonchev–Trinajstić information content (AvgIpc) is 3.03. The normalized spacial score (nSPS) is 11.7. The van der Waals surface area contributed by atoms with E-state index < -0.39 is 0 Å². The third kappa shape index (κ3) is 2.14. The zero-order valence-corrected chi connectivity index (χ0v) is 10.3. The minimum Gasteiger partial charge on any atom is -0.472 e. The van der Waals surface area contributed by atoms with Crippen LogP contribution in [-0.2, 0) is 0 Å². The van der Waals surface area contributed by atoms with Crippen LogP contribution in [-0.4, -0.2) is 9.97 Å². The number of nitriles is 1. The van der Waals surface area contributed by atoms with Gasteiger partial charge >= 0.3 is 0 Å². The average molecular weight is 249 g/mol. The van der Waals surface area contributed by atoms with Crippen LogP contribution < -0.4 is 0 Å². The molecule has 0 saturated heterocycles. The number of H-pyrrole nitrogens is 1. The Bertz CT molecular complexity index is 789. The smallest absolute Gasteiger partial charge is 0.149 e. The summed E-state index contributed by atoms with van der Waals surface area (Å²) in [5.74, 6) is 0.573. The SMILES string of the molecule is Cc1ccc2nc(/C(C#N)=C\c3ccoc3)[nH]c2c1. The fourth-order valence-corrected chi connectivity index (χ4v) is 1.93. The molecule has 0 aliphatic heterocycles. The number of rotatable bonds is 2. The van der Waals surface area contributed by atoms with Gasteiger partial charge in [0.1, 0.15) is 11.9 Å². The van der Waals surface area contributed by atoms with Gasteiger partial charge in [-0.3, -0.25) is 0 Å². The summed E-state index contributed by atoms with van der Waals surface area (Å²) in [6, 6.07) is 9.91. The molecule has 0 aliphatic carbocycles. The van der Waals surface area contributed by atoms with E-state index in [2.05, 4.69) is 16.0 Å². The van der Waals surface area contributed by atoms with Crippen LogP contribution in [0.25, 0.3) is 22.7 Å². The topological polar surface area (TPSA) is 65.6 Å². The van der Waals surface area contributed by atoms with Crippen molar-refractivity contribution >= 4 is 22.7 Å². The van der Waals surface area contributed by atoms with Crippen LogP contribution in [0.15, 0.2) is 41.2 Å². The Labute approximate surface area is 110 Å². The van der Waals surface area contributed by atoms with Gasteiger partial charge in [-0.15, -0.1) is 0 Å². The molecule has 2 heterocycles. The molecule has 92 valence electrons. The van der Waals surface area contributed by atoms with Crippen molar-refractivity contribution in [1.82, 2.24) is 9.97 Å². The number of furan rings is 1. The molecule has 3 aromatic rings. The predicted molar refractivity (Wildman–Crippen MR) is 73.0 cm³/mol. The van der Waals surface area contributed by atoms with E-state index >= 15 is 0 Å². The highest BCUT2D eigenvalue weighted by atomic mass is 16.3. The number of benzene rings is 1. The minimum absolute atomic E-state index is 0.482. The number of aromatic amines is 1. The van der Waals surface area contributed by atoms with Crippen LogP contribution in [0, 0.1) is 18.3 Å². The van der Waals surface area contributed by atoms with Crippen molar-refractivity contribution in [2.75, 3.05) is 0 Å². The Morgan fingerprint density at radius 3 is 3.05 bits per heavy atom. The maximum absolute atomic E-state index is 9.25. The quantitative estimate of drug-likeness (QED) is 0.706. The first-order chi connectivity index (χ1) is 9.26. The third-order valence-electron chi connectivity index (χ3n) is 2.87. The third-order valence-corrected chi connectivity index (χ3v) is 2.87. The summed E-state index contributed by atoms with van der Waals surface area (Å²) in [6.45, 7) is 2.02. The van der Waals surface area contributed by atoms with Crippen molar-refractivity contribution in [3.05, 3.63) is 53.7 Å². The zero-order valence-electron chi connectivity index (χ0n) is 10.3. The second kappa shape index (κ2) is 4.46. The van der Waals surface area contributed by atoms with E-state index in [1.165, 1.54) is 0 Å². The predicted octanol–water partition coefficient (Wildman–Crippen LogP) is 3.53. The van der Waals surface area contributed by atoms with Crippen LogP contribution in [0.3, 0.4) is 0 Å². The van der Waals surface area contributed by atoms with Gasteiger partial charge < -0.3 is 9.40 Å². The highest BCUT2D eigenvalue weighted by Gasteiger charge is 2.08. The van der Waals surface area contributed by atoms with E-state index in [1.807, 2.05) is 25.1 Å². The van der Waals surface area contributed by atoms with Gasteiger partial charge in [-0.25, -0.2) is 4.98 Å². The van der Waals surface area contributed by atoms with E-state index in [4.69, 9.17) is 4.42 Å². The Hall–Kier alpha value is -2.80. The van der Waals surface area contributed by atoms with Gasteiger partial charge in [0, 0.05) is 5.56 Å². The number of nitrogens with zero attached hydrogens (tertiary/aromatic N) is 2.